The molecule has 0 N–H and O–H groups in total. The van der Waals surface area contributed by atoms with Crippen molar-refractivity contribution in [3.05, 3.63) is 12.7 Å². The van der Waals surface area contributed by atoms with E-state index in [4.69, 9.17) is 18.0 Å². The molecule has 3 fully saturated rings. The van der Waals surface area contributed by atoms with Crippen LogP contribution in [0.3, 0.4) is 0 Å². The minimum Gasteiger partial charge on any atom is -0.463 e. The fourth-order valence-electron chi connectivity index (χ4n) is 2.50. The Balaban J connectivity index is 1.87. The highest BCUT2D eigenvalue weighted by Gasteiger charge is 2.45. The maximum Gasteiger partial charge on any atom is 0.501 e. The zero-order chi connectivity index (χ0) is 14.4. The first kappa shape index (κ1) is 15.7. The van der Waals surface area contributed by atoms with E-state index in [1.807, 2.05) is 0 Å². The van der Waals surface area contributed by atoms with Crippen LogP contribution in [0.15, 0.2) is 12.7 Å². The van der Waals surface area contributed by atoms with Gasteiger partial charge in [-0.2, -0.15) is 0 Å². The third-order valence-corrected chi connectivity index (χ3v) is 6.41. The van der Waals surface area contributed by atoms with E-state index in [9.17, 15) is 4.79 Å². The Hall–Kier alpha value is -0.733. The number of ether oxygens (including phenoxy) is 1. The molecule has 0 aliphatic carbocycles. The van der Waals surface area contributed by atoms with Crippen LogP contribution in [0.25, 0.3) is 0 Å². The zero-order valence-corrected chi connectivity index (χ0v) is 13.0. The summed E-state index contributed by atoms with van der Waals surface area (Å²) < 4.78 is 22.9. The number of rotatable bonds is 5. The number of nitrogens with zero attached hydrogens (tertiary/aromatic N) is 1. The van der Waals surface area contributed by atoms with Gasteiger partial charge >= 0.3 is 14.8 Å². The molecular weight excluding hydrogens is 278 g/mol. The molecule has 0 saturated carbocycles. The molecule has 3 rings (SSSR count). The van der Waals surface area contributed by atoms with Crippen LogP contribution in [0.5, 0.6) is 0 Å². The lowest BCUT2D eigenvalue weighted by atomic mass is 10.3. The van der Waals surface area contributed by atoms with Gasteiger partial charge in [0, 0.05) is 31.8 Å². The lowest BCUT2D eigenvalue weighted by Crippen LogP contribution is -2.57. The first-order valence-corrected chi connectivity index (χ1v) is 9.04. The molecule has 3 aliphatic heterocycles. The summed E-state index contributed by atoms with van der Waals surface area (Å²) in [6.07, 6.45) is 1.96. The minimum absolute atomic E-state index is 0.109. The fraction of sp³-hybridized carbons (Fsp3) is 0.769. The standard InChI is InChI=1S/C13H23NO5Si/c1-3-13(15)16-7-4-10-20-17-8-5-14(6-9-18-20)11-12(2)19-20/h3,12H,1,4-11H2,2H3. The van der Waals surface area contributed by atoms with Crippen LogP contribution in [-0.4, -0.2) is 65.2 Å². The summed E-state index contributed by atoms with van der Waals surface area (Å²) in [6, 6.07) is 0.682. The van der Waals surface area contributed by atoms with Crippen LogP contribution < -0.4 is 0 Å². The Morgan fingerprint density at radius 1 is 1.45 bits per heavy atom. The molecule has 1 unspecified atom stereocenters. The van der Waals surface area contributed by atoms with Gasteiger partial charge in [-0.3, -0.25) is 4.90 Å². The van der Waals surface area contributed by atoms with Gasteiger partial charge in [0.15, 0.2) is 0 Å². The summed E-state index contributed by atoms with van der Waals surface area (Å²) in [5.41, 5.74) is 0. The quantitative estimate of drug-likeness (QED) is 0.324. The molecule has 0 amide bonds. The van der Waals surface area contributed by atoms with E-state index in [0.29, 0.717) is 32.3 Å². The van der Waals surface area contributed by atoms with Gasteiger partial charge in [-0.15, -0.1) is 0 Å². The average Bonchev–Trinajstić information content (AvgIpc) is 2.37. The highest BCUT2D eigenvalue weighted by atomic mass is 28.4. The lowest BCUT2D eigenvalue weighted by molar-refractivity contribution is -0.137. The van der Waals surface area contributed by atoms with Crippen LogP contribution in [0, 0.1) is 0 Å². The number of hydrogen-bond acceptors (Lipinski definition) is 6. The van der Waals surface area contributed by atoms with Crippen LogP contribution in [0.1, 0.15) is 13.3 Å². The van der Waals surface area contributed by atoms with E-state index in [-0.39, 0.29) is 6.10 Å². The van der Waals surface area contributed by atoms with Gasteiger partial charge in [0.25, 0.3) is 0 Å². The van der Waals surface area contributed by atoms with E-state index in [1.54, 1.807) is 0 Å². The van der Waals surface area contributed by atoms with Crippen molar-refractivity contribution in [3.63, 3.8) is 0 Å². The van der Waals surface area contributed by atoms with Crippen molar-refractivity contribution in [1.29, 1.82) is 0 Å². The normalized spacial score (nSPS) is 33.9. The second kappa shape index (κ2) is 7.33. The van der Waals surface area contributed by atoms with E-state index >= 15 is 0 Å². The Kier molecular flexibility index (Phi) is 5.73. The Labute approximate surface area is 121 Å². The summed E-state index contributed by atoms with van der Waals surface area (Å²) in [5, 5.41) is 0. The van der Waals surface area contributed by atoms with Gasteiger partial charge in [0.1, 0.15) is 0 Å². The number of esters is 1. The molecule has 20 heavy (non-hydrogen) atoms. The molecule has 3 aliphatic rings. The molecule has 7 heteroatoms. The third-order valence-electron chi connectivity index (χ3n) is 3.39. The van der Waals surface area contributed by atoms with Crippen molar-refractivity contribution in [2.45, 2.75) is 25.5 Å². The molecule has 0 aromatic heterocycles. The molecule has 0 radical (unpaired) electrons. The second-order valence-electron chi connectivity index (χ2n) is 5.08. The number of carbonyl (C=O) groups is 1. The van der Waals surface area contributed by atoms with Gasteiger partial charge in [-0.05, 0) is 13.3 Å². The van der Waals surface area contributed by atoms with Gasteiger partial charge in [0.2, 0.25) is 0 Å². The van der Waals surface area contributed by atoms with Crippen molar-refractivity contribution in [1.82, 2.24) is 4.90 Å². The predicted molar refractivity (Wildman–Crippen MR) is 75.2 cm³/mol. The van der Waals surface area contributed by atoms with Crippen LogP contribution in [-0.2, 0) is 22.8 Å². The zero-order valence-electron chi connectivity index (χ0n) is 12.0. The Morgan fingerprint density at radius 2 is 2.15 bits per heavy atom. The lowest BCUT2D eigenvalue weighted by Gasteiger charge is -2.40. The molecule has 114 valence electrons. The van der Waals surface area contributed by atoms with Crippen molar-refractivity contribution in [2.24, 2.45) is 0 Å². The summed E-state index contributed by atoms with van der Waals surface area (Å²) in [5.74, 6) is -0.397. The van der Waals surface area contributed by atoms with E-state index in [2.05, 4.69) is 18.4 Å². The van der Waals surface area contributed by atoms with Crippen LogP contribution in [0.4, 0.5) is 0 Å². The number of fused-ring (bicyclic) bond motifs is 6. The largest absolute Gasteiger partial charge is 0.501 e. The van der Waals surface area contributed by atoms with Gasteiger partial charge in [-0.1, -0.05) is 6.58 Å². The summed E-state index contributed by atoms with van der Waals surface area (Å²) in [6.45, 7) is 9.83. The third kappa shape index (κ3) is 4.39. The molecule has 0 aromatic rings. The minimum atomic E-state index is -2.62. The summed E-state index contributed by atoms with van der Waals surface area (Å²) in [4.78, 5) is 13.3. The smallest absolute Gasteiger partial charge is 0.463 e. The average molecular weight is 301 g/mol. The van der Waals surface area contributed by atoms with Gasteiger partial charge in [-0.25, -0.2) is 4.79 Å². The first-order valence-electron chi connectivity index (χ1n) is 7.11. The maximum atomic E-state index is 11.0. The Morgan fingerprint density at radius 3 is 2.80 bits per heavy atom. The Bertz CT molecular complexity index is 342. The van der Waals surface area contributed by atoms with Crippen molar-refractivity contribution >= 4 is 14.8 Å². The molecule has 0 spiro atoms. The summed E-state index contributed by atoms with van der Waals surface area (Å²) in [7, 11) is -2.62. The predicted octanol–water partition coefficient (Wildman–Crippen LogP) is 0.812. The number of carbonyl (C=O) groups excluding carboxylic acids is 1. The van der Waals surface area contributed by atoms with Gasteiger partial charge in [0.05, 0.1) is 25.9 Å². The molecule has 3 saturated heterocycles. The monoisotopic (exact) mass is 301 g/mol. The second-order valence-corrected chi connectivity index (χ2v) is 7.76. The molecule has 3 heterocycles. The van der Waals surface area contributed by atoms with E-state index < -0.39 is 14.8 Å². The molecule has 0 aromatic carbocycles. The van der Waals surface area contributed by atoms with Crippen molar-refractivity contribution < 1.29 is 22.8 Å². The highest BCUT2D eigenvalue weighted by Crippen LogP contribution is 2.24. The van der Waals surface area contributed by atoms with Crippen LogP contribution in [0.2, 0.25) is 6.04 Å². The highest BCUT2D eigenvalue weighted by molar-refractivity contribution is 6.60. The summed E-state index contributed by atoms with van der Waals surface area (Å²) >= 11 is 0. The van der Waals surface area contributed by atoms with E-state index in [1.165, 1.54) is 6.08 Å². The number of hydrogen-bond donors (Lipinski definition) is 0. The van der Waals surface area contributed by atoms with E-state index in [0.717, 1.165) is 19.6 Å². The van der Waals surface area contributed by atoms with Crippen LogP contribution >= 0.6 is 0 Å². The maximum absolute atomic E-state index is 11.0. The topological polar surface area (TPSA) is 57.2 Å². The van der Waals surface area contributed by atoms with Gasteiger partial charge < -0.3 is 18.0 Å². The molecular formula is C13H23NO5Si. The molecule has 2 bridgehead atoms. The first-order chi connectivity index (χ1) is 9.63. The fourth-order valence-corrected chi connectivity index (χ4v) is 5.19. The SMILES string of the molecule is C=CC(=O)OCCC[Si]12OCCN(CCO1)CC(C)O2. The molecule has 1 atom stereocenters. The molecule has 6 nitrogen and oxygen atoms in total. The van der Waals surface area contributed by atoms with Crippen molar-refractivity contribution in [3.8, 4) is 0 Å². The van der Waals surface area contributed by atoms with Crippen molar-refractivity contribution in [2.75, 3.05) is 39.5 Å².